The first-order valence-corrected chi connectivity index (χ1v) is 9.54. The summed E-state index contributed by atoms with van der Waals surface area (Å²) in [7, 11) is 1.29. The first-order valence-electron chi connectivity index (χ1n) is 8.35. The van der Waals surface area contributed by atoms with Gasteiger partial charge in [0.1, 0.15) is 23.1 Å². The second-order valence-corrected chi connectivity index (χ2v) is 7.67. The predicted octanol–water partition coefficient (Wildman–Crippen LogP) is 5.23. The number of nitrogens with one attached hydrogen (secondary N) is 1. The standard InChI is InChI=1S/C20H18ClNO5S/c1-11-8-13(4-6-16(11)21)26-10-14-5-7-17(27-14)18(23)22-19-15(20(24)25-3)9-12(2)28-19/h4-9H,10H2,1-3H3,(H,22,23). The number of carbonyl (C=O) groups is 2. The number of furan rings is 1. The summed E-state index contributed by atoms with van der Waals surface area (Å²) in [5, 5.41) is 3.78. The number of benzene rings is 1. The van der Waals surface area contributed by atoms with Crippen molar-refractivity contribution >= 4 is 39.8 Å². The third kappa shape index (κ3) is 4.55. The molecule has 0 atom stereocenters. The zero-order valence-electron chi connectivity index (χ0n) is 15.5. The number of amides is 1. The van der Waals surface area contributed by atoms with Crippen molar-refractivity contribution in [3.8, 4) is 5.75 Å². The molecule has 0 aliphatic rings. The topological polar surface area (TPSA) is 77.8 Å². The van der Waals surface area contributed by atoms with Crippen LogP contribution in [-0.4, -0.2) is 19.0 Å². The molecule has 2 aromatic heterocycles. The number of hydrogen-bond acceptors (Lipinski definition) is 6. The summed E-state index contributed by atoms with van der Waals surface area (Å²) in [5.41, 5.74) is 1.22. The number of methoxy groups -OCH3 is 1. The Morgan fingerprint density at radius 1 is 1.18 bits per heavy atom. The third-order valence-electron chi connectivity index (χ3n) is 3.88. The van der Waals surface area contributed by atoms with Gasteiger partial charge in [0.2, 0.25) is 0 Å². The molecule has 1 amide bonds. The van der Waals surface area contributed by atoms with E-state index in [1.807, 2.05) is 19.9 Å². The van der Waals surface area contributed by atoms with Crippen LogP contribution in [0.25, 0.3) is 0 Å². The smallest absolute Gasteiger partial charge is 0.340 e. The normalized spacial score (nSPS) is 10.6. The van der Waals surface area contributed by atoms with Gasteiger partial charge in [-0.15, -0.1) is 11.3 Å². The van der Waals surface area contributed by atoms with Gasteiger partial charge in [0, 0.05) is 9.90 Å². The zero-order chi connectivity index (χ0) is 20.3. The number of halogens is 1. The van der Waals surface area contributed by atoms with Gasteiger partial charge >= 0.3 is 5.97 Å². The fraction of sp³-hybridized carbons (Fsp3) is 0.200. The summed E-state index contributed by atoms with van der Waals surface area (Å²) in [6.45, 7) is 3.90. The predicted molar refractivity (Wildman–Crippen MR) is 108 cm³/mol. The van der Waals surface area contributed by atoms with Crippen molar-refractivity contribution in [2.75, 3.05) is 12.4 Å². The Labute approximate surface area is 171 Å². The van der Waals surface area contributed by atoms with Crippen LogP contribution in [0.2, 0.25) is 5.02 Å². The van der Waals surface area contributed by atoms with Gasteiger partial charge < -0.3 is 19.2 Å². The second-order valence-electron chi connectivity index (χ2n) is 6.01. The summed E-state index contributed by atoms with van der Waals surface area (Å²) in [6.07, 6.45) is 0. The molecule has 1 aromatic carbocycles. The molecule has 0 saturated carbocycles. The van der Waals surface area contributed by atoms with E-state index in [1.165, 1.54) is 18.4 Å². The Balaban J connectivity index is 1.66. The van der Waals surface area contributed by atoms with Crippen molar-refractivity contribution in [3.05, 3.63) is 68.9 Å². The Kier molecular flexibility index (Phi) is 6.06. The number of thiophene rings is 1. The Hall–Kier alpha value is -2.77. The van der Waals surface area contributed by atoms with E-state index < -0.39 is 11.9 Å². The molecule has 0 bridgehead atoms. The summed E-state index contributed by atoms with van der Waals surface area (Å²) in [4.78, 5) is 25.1. The molecule has 0 saturated heterocycles. The van der Waals surface area contributed by atoms with Crippen LogP contribution in [-0.2, 0) is 11.3 Å². The number of hydrogen-bond donors (Lipinski definition) is 1. The SMILES string of the molecule is COC(=O)c1cc(C)sc1NC(=O)c1ccc(COc2ccc(Cl)c(C)c2)o1. The molecule has 2 heterocycles. The van der Waals surface area contributed by atoms with Gasteiger partial charge in [0.25, 0.3) is 5.91 Å². The molecule has 8 heteroatoms. The lowest BCUT2D eigenvalue weighted by molar-refractivity contribution is 0.0602. The molecule has 0 spiro atoms. The van der Waals surface area contributed by atoms with Crippen molar-refractivity contribution in [1.82, 2.24) is 0 Å². The van der Waals surface area contributed by atoms with Crippen LogP contribution in [0.15, 0.2) is 40.8 Å². The van der Waals surface area contributed by atoms with Crippen LogP contribution < -0.4 is 10.1 Å². The average Bonchev–Trinajstić information content (AvgIpc) is 3.28. The number of anilines is 1. The lowest BCUT2D eigenvalue weighted by atomic mass is 10.2. The molecular formula is C20H18ClNO5S. The molecule has 3 rings (SSSR count). The Morgan fingerprint density at radius 2 is 1.96 bits per heavy atom. The van der Waals surface area contributed by atoms with Crippen molar-refractivity contribution in [1.29, 1.82) is 0 Å². The average molecular weight is 420 g/mol. The fourth-order valence-corrected chi connectivity index (χ4v) is 3.48. The number of ether oxygens (including phenoxy) is 2. The molecule has 28 heavy (non-hydrogen) atoms. The second kappa shape index (κ2) is 8.50. The molecule has 0 unspecified atom stereocenters. The lowest BCUT2D eigenvalue weighted by Gasteiger charge is -2.06. The molecule has 0 radical (unpaired) electrons. The third-order valence-corrected chi connectivity index (χ3v) is 5.27. The van der Waals surface area contributed by atoms with Gasteiger partial charge in [-0.25, -0.2) is 4.79 Å². The van der Waals surface area contributed by atoms with E-state index in [1.54, 1.807) is 30.3 Å². The van der Waals surface area contributed by atoms with E-state index >= 15 is 0 Å². The van der Waals surface area contributed by atoms with Gasteiger partial charge in [0.05, 0.1) is 12.7 Å². The highest BCUT2D eigenvalue weighted by Crippen LogP contribution is 2.29. The molecule has 1 N–H and O–H groups in total. The Morgan fingerprint density at radius 3 is 2.68 bits per heavy atom. The van der Waals surface area contributed by atoms with E-state index in [2.05, 4.69) is 5.32 Å². The number of carbonyl (C=O) groups excluding carboxylic acids is 2. The van der Waals surface area contributed by atoms with Gasteiger partial charge in [-0.3, -0.25) is 4.79 Å². The maximum Gasteiger partial charge on any atom is 0.340 e. The van der Waals surface area contributed by atoms with Gasteiger partial charge in [-0.05, 0) is 55.8 Å². The van der Waals surface area contributed by atoms with Crippen molar-refractivity contribution in [3.63, 3.8) is 0 Å². The summed E-state index contributed by atoms with van der Waals surface area (Å²) in [6, 6.07) is 10.2. The van der Waals surface area contributed by atoms with Gasteiger partial charge in [-0.1, -0.05) is 11.6 Å². The molecule has 6 nitrogen and oxygen atoms in total. The first kappa shape index (κ1) is 20.0. The highest BCUT2D eigenvalue weighted by atomic mass is 35.5. The zero-order valence-corrected chi connectivity index (χ0v) is 17.1. The summed E-state index contributed by atoms with van der Waals surface area (Å²) >= 11 is 7.29. The van der Waals surface area contributed by atoms with Gasteiger partial charge in [0.15, 0.2) is 5.76 Å². The number of aryl methyl sites for hydroxylation is 2. The molecular weight excluding hydrogens is 402 g/mol. The quantitative estimate of drug-likeness (QED) is 0.553. The van der Waals surface area contributed by atoms with Crippen LogP contribution in [0.3, 0.4) is 0 Å². The van der Waals surface area contributed by atoms with E-state index in [4.69, 9.17) is 25.5 Å². The molecule has 0 fully saturated rings. The van der Waals surface area contributed by atoms with E-state index in [-0.39, 0.29) is 12.4 Å². The van der Waals surface area contributed by atoms with Crippen molar-refractivity contribution in [2.24, 2.45) is 0 Å². The monoisotopic (exact) mass is 419 g/mol. The largest absolute Gasteiger partial charge is 0.486 e. The molecule has 0 aliphatic carbocycles. The van der Waals surface area contributed by atoms with E-state index in [0.29, 0.717) is 27.1 Å². The number of rotatable bonds is 6. The summed E-state index contributed by atoms with van der Waals surface area (Å²) in [5.74, 6) is 0.300. The van der Waals surface area contributed by atoms with Crippen LogP contribution in [0.1, 0.15) is 37.1 Å². The van der Waals surface area contributed by atoms with Crippen molar-refractivity contribution in [2.45, 2.75) is 20.5 Å². The lowest BCUT2D eigenvalue weighted by Crippen LogP contribution is -2.13. The summed E-state index contributed by atoms with van der Waals surface area (Å²) < 4.78 is 16.0. The minimum atomic E-state index is -0.508. The Bertz CT molecular complexity index is 1020. The first-order chi connectivity index (χ1) is 13.4. The van der Waals surface area contributed by atoms with Gasteiger partial charge in [-0.2, -0.15) is 0 Å². The fourth-order valence-electron chi connectivity index (χ4n) is 2.47. The van der Waals surface area contributed by atoms with E-state index in [9.17, 15) is 9.59 Å². The molecule has 146 valence electrons. The minimum Gasteiger partial charge on any atom is -0.486 e. The van der Waals surface area contributed by atoms with E-state index in [0.717, 1.165) is 10.4 Å². The molecule has 3 aromatic rings. The van der Waals surface area contributed by atoms with Crippen LogP contribution in [0.4, 0.5) is 5.00 Å². The minimum absolute atomic E-state index is 0.118. The van der Waals surface area contributed by atoms with Crippen molar-refractivity contribution < 1.29 is 23.5 Å². The molecule has 0 aliphatic heterocycles. The highest BCUT2D eigenvalue weighted by Gasteiger charge is 2.19. The maximum absolute atomic E-state index is 12.5. The van der Waals surface area contributed by atoms with Crippen LogP contribution in [0, 0.1) is 13.8 Å². The van der Waals surface area contributed by atoms with Crippen LogP contribution >= 0.6 is 22.9 Å². The highest BCUT2D eigenvalue weighted by molar-refractivity contribution is 7.16. The maximum atomic E-state index is 12.5. The van der Waals surface area contributed by atoms with Crippen LogP contribution in [0.5, 0.6) is 5.75 Å². The number of esters is 1.